The lowest BCUT2D eigenvalue weighted by Gasteiger charge is -2.22. The van der Waals surface area contributed by atoms with Gasteiger partial charge in [0.2, 0.25) is 0 Å². The molecule has 0 aromatic carbocycles. The topological polar surface area (TPSA) is 53.6 Å². The smallest absolute Gasteiger partial charge is 0.141 e. The van der Waals surface area contributed by atoms with E-state index in [1.54, 1.807) is 6.33 Å². The molecule has 0 radical (unpaired) electrons. The lowest BCUT2D eigenvalue weighted by molar-refractivity contribution is 0.350. The van der Waals surface area contributed by atoms with E-state index in [4.69, 9.17) is 0 Å². The molecule has 0 saturated heterocycles. The molecule has 0 saturated carbocycles. The molecule has 0 bridgehead atoms. The van der Waals surface area contributed by atoms with Gasteiger partial charge in [0, 0.05) is 0 Å². The van der Waals surface area contributed by atoms with Crippen LogP contribution in [0.15, 0.2) is 6.33 Å². The predicted octanol–water partition coefficient (Wildman–Crippen LogP) is 2.28. The Morgan fingerprint density at radius 1 is 1.40 bits per heavy atom. The van der Waals surface area contributed by atoms with E-state index >= 15 is 0 Å². The Labute approximate surface area is 91.9 Å². The Hall–Kier alpha value is -0.900. The fourth-order valence-corrected chi connectivity index (χ4v) is 1.85. The first-order chi connectivity index (χ1) is 7.29. The van der Waals surface area contributed by atoms with Crippen molar-refractivity contribution in [3.63, 3.8) is 0 Å². The Morgan fingerprint density at radius 3 is 2.73 bits per heavy atom. The number of hydrogen-bond acceptors (Lipinski definition) is 3. The molecule has 0 spiro atoms. The maximum absolute atomic E-state index is 4.24. The van der Waals surface area contributed by atoms with Crippen molar-refractivity contribution in [1.29, 1.82) is 0 Å². The maximum Gasteiger partial charge on any atom is 0.141 e. The quantitative estimate of drug-likeness (QED) is 0.726. The van der Waals surface area contributed by atoms with E-state index in [1.165, 1.54) is 12.8 Å². The van der Waals surface area contributed by atoms with Gasteiger partial charge in [0.05, 0.1) is 6.04 Å². The molecule has 0 aliphatic rings. The van der Waals surface area contributed by atoms with Crippen LogP contribution in [-0.4, -0.2) is 21.7 Å². The van der Waals surface area contributed by atoms with Crippen molar-refractivity contribution >= 4 is 0 Å². The van der Waals surface area contributed by atoms with Gasteiger partial charge in [0.15, 0.2) is 0 Å². The fraction of sp³-hybridized carbons (Fsp3) is 0.818. The second-order valence-corrected chi connectivity index (χ2v) is 4.07. The molecule has 4 heteroatoms. The van der Waals surface area contributed by atoms with Gasteiger partial charge in [0.25, 0.3) is 0 Å². The lowest BCUT2D eigenvalue weighted by Crippen LogP contribution is -2.28. The van der Waals surface area contributed by atoms with Crippen LogP contribution in [0.3, 0.4) is 0 Å². The summed E-state index contributed by atoms with van der Waals surface area (Å²) in [4.78, 5) is 4.24. The number of hydrogen-bond donors (Lipinski definition) is 2. The van der Waals surface area contributed by atoms with Gasteiger partial charge in [-0.3, -0.25) is 5.10 Å². The number of H-pyrrole nitrogens is 1. The molecule has 86 valence electrons. The van der Waals surface area contributed by atoms with Gasteiger partial charge in [-0.15, -0.1) is 0 Å². The summed E-state index contributed by atoms with van der Waals surface area (Å²) in [5.41, 5.74) is 0. The molecule has 0 amide bonds. The van der Waals surface area contributed by atoms with Crippen molar-refractivity contribution in [3.8, 4) is 0 Å². The monoisotopic (exact) mass is 210 g/mol. The molecule has 15 heavy (non-hydrogen) atoms. The van der Waals surface area contributed by atoms with Gasteiger partial charge < -0.3 is 5.32 Å². The van der Waals surface area contributed by atoms with E-state index in [0.29, 0.717) is 12.0 Å². The molecule has 1 rings (SSSR count). The summed E-state index contributed by atoms with van der Waals surface area (Å²) in [5.74, 6) is 1.55. The molecular weight excluding hydrogens is 188 g/mol. The second-order valence-electron chi connectivity index (χ2n) is 4.07. The molecular formula is C11H22N4. The van der Waals surface area contributed by atoms with E-state index in [1.807, 2.05) is 0 Å². The predicted molar refractivity (Wildman–Crippen MR) is 61.5 cm³/mol. The Morgan fingerprint density at radius 2 is 2.20 bits per heavy atom. The molecule has 2 unspecified atom stereocenters. The number of aromatic amines is 1. The van der Waals surface area contributed by atoms with Gasteiger partial charge >= 0.3 is 0 Å². The fourth-order valence-electron chi connectivity index (χ4n) is 1.85. The average Bonchev–Trinajstić information content (AvgIpc) is 2.72. The number of aromatic nitrogens is 3. The average molecular weight is 210 g/mol. The summed E-state index contributed by atoms with van der Waals surface area (Å²) in [6.45, 7) is 7.68. The molecule has 0 aliphatic heterocycles. The highest BCUT2D eigenvalue weighted by Gasteiger charge is 2.20. The van der Waals surface area contributed by atoms with Crippen LogP contribution in [-0.2, 0) is 0 Å². The second kappa shape index (κ2) is 6.56. The van der Waals surface area contributed by atoms with E-state index in [9.17, 15) is 0 Å². The lowest BCUT2D eigenvalue weighted by atomic mass is 9.96. The number of rotatable bonds is 7. The van der Waals surface area contributed by atoms with Crippen LogP contribution in [0, 0.1) is 5.92 Å². The molecule has 0 fully saturated rings. The van der Waals surface area contributed by atoms with Gasteiger partial charge in [0.1, 0.15) is 12.2 Å². The van der Waals surface area contributed by atoms with Gasteiger partial charge in [-0.05, 0) is 25.3 Å². The van der Waals surface area contributed by atoms with Crippen LogP contribution in [0.5, 0.6) is 0 Å². The first-order valence-electron chi connectivity index (χ1n) is 5.88. The Kier molecular flexibility index (Phi) is 5.32. The maximum atomic E-state index is 4.24. The van der Waals surface area contributed by atoms with Crippen molar-refractivity contribution in [2.24, 2.45) is 5.92 Å². The zero-order chi connectivity index (χ0) is 11.1. The molecule has 2 atom stereocenters. The largest absolute Gasteiger partial charge is 0.307 e. The zero-order valence-electron chi connectivity index (χ0n) is 9.95. The SMILES string of the molecule is CCCNC(c1ncn[nH]1)C(C)CCC. The minimum Gasteiger partial charge on any atom is -0.307 e. The summed E-state index contributed by atoms with van der Waals surface area (Å²) in [6.07, 6.45) is 5.14. The molecule has 1 aromatic rings. The highest BCUT2D eigenvalue weighted by Crippen LogP contribution is 2.22. The minimum absolute atomic E-state index is 0.312. The summed E-state index contributed by atoms with van der Waals surface area (Å²) in [6, 6.07) is 0.312. The van der Waals surface area contributed by atoms with Crippen molar-refractivity contribution in [3.05, 3.63) is 12.2 Å². The highest BCUT2D eigenvalue weighted by molar-refractivity contribution is 4.93. The molecule has 1 heterocycles. The normalized spacial score (nSPS) is 15.1. The molecule has 0 aliphatic carbocycles. The molecule has 2 N–H and O–H groups in total. The summed E-state index contributed by atoms with van der Waals surface area (Å²) in [5, 5.41) is 10.4. The number of nitrogens with zero attached hydrogens (tertiary/aromatic N) is 2. The third kappa shape index (κ3) is 3.63. The minimum atomic E-state index is 0.312. The summed E-state index contributed by atoms with van der Waals surface area (Å²) < 4.78 is 0. The zero-order valence-corrected chi connectivity index (χ0v) is 9.95. The third-order valence-electron chi connectivity index (χ3n) is 2.66. The van der Waals surface area contributed by atoms with E-state index in [2.05, 4.69) is 41.3 Å². The first-order valence-corrected chi connectivity index (χ1v) is 5.88. The molecule has 1 aromatic heterocycles. The van der Waals surface area contributed by atoms with Crippen molar-refractivity contribution < 1.29 is 0 Å². The van der Waals surface area contributed by atoms with Gasteiger partial charge in [-0.1, -0.05) is 27.2 Å². The standard InChI is InChI=1S/C11H22N4/c1-4-6-9(3)10(12-7-5-2)11-13-8-14-15-11/h8-10,12H,4-7H2,1-3H3,(H,13,14,15). The van der Waals surface area contributed by atoms with Crippen LogP contribution in [0.25, 0.3) is 0 Å². The van der Waals surface area contributed by atoms with Crippen molar-refractivity contribution in [2.45, 2.75) is 46.1 Å². The van der Waals surface area contributed by atoms with E-state index < -0.39 is 0 Å². The third-order valence-corrected chi connectivity index (χ3v) is 2.66. The van der Waals surface area contributed by atoms with Crippen LogP contribution in [0.2, 0.25) is 0 Å². The molecule has 4 nitrogen and oxygen atoms in total. The highest BCUT2D eigenvalue weighted by atomic mass is 15.2. The Bertz CT molecular complexity index is 245. The van der Waals surface area contributed by atoms with Crippen molar-refractivity contribution in [1.82, 2.24) is 20.5 Å². The van der Waals surface area contributed by atoms with Crippen LogP contribution >= 0.6 is 0 Å². The van der Waals surface area contributed by atoms with Gasteiger partial charge in [-0.25, -0.2) is 4.98 Å². The van der Waals surface area contributed by atoms with Crippen molar-refractivity contribution in [2.75, 3.05) is 6.54 Å². The summed E-state index contributed by atoms with van der Waals surface area (Å²) >= 11 is 0. The van der Waals surface area contributed by atoms with Gasteiger partial charge in [-0.2, -0.15) is 5.10 Å². The summed E-state index contributed by atoms with van der Waals surface area (Å²) in [7, 11) is 0. The van der Waals surface area contributed by atoms with Crippen LogP contribution in [0.4, 0.5) is 0 Å². The van der Waals surface area contributed by atoms with Crippen LogP contribution in [0.1, 0.15) is 51.9 Å². The Balaban J connectivity index is 2.60. The number of nitrogens with one attached hydrogen (secondary N) is 2. The first kappa shape index (κ1) is 12.2. The van der Waals surface area contributed by atoms with E-state index in [-0.39, 0.29) is 0 Å². The van der Waals surface area contributed by atoms with Crippen LogP contribution < -0.4 is 5.32 Å². The van der Waals surface area contributed by atoms with E-state index in [0.717, 1.165) is 18.8 Å².